The molecule has 3 rings (SSSR count). The van der Waals surface area contributed by atoms with Gasteiger partial charge in [0.15, 0.2) is 0 Å². The van der Waals surface area contributed by atoms with Crippen LogP contribution in [-0.4, -0.2) is 6.54 Å². The lowest BCUT2D eigenvalue weighted by Crippen LogP contribution is -2.45. The Morgan fingerprint density at radius 3 is 2.86 bits per heavy atom. The molecule has 3 N–H and O–H groups in total. The number of hydrogen-bond acceptors (Lipinski definition) is 2. The lowest BCUT2D eigenvalue weighted by atomic mass is 9.76. The van der Waals surface area contributed by atoms with E-state index in [2.05, 4.69) is 70.6 Å². The lowest BCUT2D eigenvalue weighted by Gasteiger charge is -2.40. The van der Waals surface area contributed by atoms with Crippen LogP contribution in [0.5, 0.6) is 0 Å². The summed E-state index contributed by atoms with van der Waals surface area (Å²) < 4.78 is 1.09. The Kier molecular flexibility index (Phi) is 4.05. The molecule has 1 atom stereocenters. The highest BCUT2D eigenvalue weighted by Gasteiger charge is 2.35. The number of hydrogen-bond donors (Lipinski definition) is 2. The van der Waals surface area contributed by atoms with Crippen molar-refractivity contribution in [2.45, 2.75) is 31.7 Å². The summed E-state index contributed by atoms with van der Waals surface area (Å²) in [7, 11) is 0. The van der Waals surface area contributed by atoms with Gasteiger partial charge in [-0.3, -0.25) is 0 Å². The van der Waals surface area contributed by atoms with Crippen LogP contribution in [0.1, 0.15) is 29.5 Å². The van der Waals surface area contributed by atoms with E-state index in [1.165, 1.54) is 23.1 Å². The third kappa shape index (κ3) is 2.72. The highest BCUT2D eigenvalue weighted by atomic mass is 79.9. The SMILES string of the molecule is Cc1ccc(Br)c(NC2(CN)CCCc3ccccc32)c1. The first-order chi connectivity index (χ1) is 10.1. The molecule has 0 saturated heterocycles. The summed E-state index contributed by atoms with van der Waals surface area (Å²) in [6.45, 7) is 2.71. The molecule has 0 aliphatic heterocycles. The van der Waals surface area contributed by atoms with E-state index in [4.69, 9.17) is 5.73 Å². The van der Waals surface area contributed by atoms with Gasteiger partial charge in [0.2, 0.25) is 0 Å². The molecule has 0 spiro atoms. The molecule has 0 aromatic heterocycles. The fraction of sp³-hybridized carbons (Fsp3) is 0.333. The van der Waals surface area contributed by atoms with Gasteiger partial charge >= 0.3 is 0 Å². The predicted molar refractivity (Wildman–Crippen MR) is 92.6 cm³/mol. The van der Waals surface area contributed by atoms with Crippen LogP contribution in [0.2, 0.25) is 0 Å². The largest absolute Gasteiger partial charge is 0.373 e. The zero-order valence-electron chi connectivity index (χ0n) is 12.3. The number of nitrogens with two attached hydrogens (primary N) is 1. The van der Waals surface area contributed by atoms with E-state index in [-0.39, 0.29) is 5.54 Å². The fourth-order valence-electron chi connectivity index (χ4n) is 3.31. The molecular weight excluding hydrogens is 324 g/mol. The van der Waals surface area contributed by atoms with Gasteiger partial charge in [0, 0.05) is 16.7 Å². The van der Waals surface area contributed by atoms with Crippen LogP contribution in [0.15, 0.2) is 46.9 Å². The molecule has 0 heterocycles. The quantitative estimate of drug-likeness (QED) is 0.867. The summed E-state index contributed by atoms with van der Waals surface area (Å²) in [5.41, 5.74) is 11.2. The molecule has 0 amide bonds. The summed E-state index contributed by atoms with van der Waals surface area (Å²) >= 11 is 3.65. The molecule has 0 fully saturated rings. The summed E-state index contributed by atoms with van der Waals surface area (Å²) in [5.74, 6) is 0. The van der Waals surface area contributed by atoms with Crippen LogP contribution in [0.25, 0.3) is 0 Å². The van der Waals surface area contributed by atoms with Crippen molar-refractivity contribution in [3.63, 3.8) is 0 Å². The topological polar surface area (TPSA) is 38.0 Å². The van der Waals surface area contributed by atoms with Crippen molar-refractivity contribution in [2.24, 2.45) is 5.73 Å². The van der Waals surface area contributed by atoms with Crippen molar-refractivity contribution in [1.29, 1.82) is 0 Å². The number of anilines is 1. The van der Waals surface area contributed by atoms with E-state index < -0.39 is 0 Å². The van der Waals surface area contributed by atoms with E-state index in [0.29, 0.717) is 6.54 Å². The first-order valence-electron chi connectivity index (χ1n) is 7.47. The van der Waals surface area contributed by atoms with Crippen molar-refractivity contribution in [3.8, 4) is 0 Å². The van der Waals surface area contributed by atoms with Crippen LogP contribution in [-0.2, 0) is 12.0 Å². The molecule has 0 saturated carbocycles. The maximum atomic E-state index is 6.21. The molecule has 1 aliphatic rings. The Morgan fingerprint density at radius 2 is 2.05 bits per heavy atom. The first-order valence-corrected chi connectivity index (χ1v) is 8.27. The van der Waals surface area contributed by atoms with Gasteiger partial charge in [-0.15, -0.1) is 0 Å². The minimum Gasteiger partial charge on any atom is -0.373 e. The Morgan fingerprint density at radius 1 is 1.24 bits per heavy atom. The molecule has 110 valence electrons. The Labute approximate surface area is 134 Å². The van der Waals surface area contributed by atoms with Gasteiger partial charge in [0.1, 0.15) is 0 Å². The molecule has 21 heavy (non-hydrogen) atoms. The molecule has 2 aromatic carbocycles. The van der Waals surface area contributed by atoms with Gasteiger partial charge in [0.25, 0.3) is 0 Å². The Balaban J connectivity index is 2.04. The lowest BCUT2D eigenvalue weighted by molar-refractivity contribution is 0.417. The molecule has 0 bridgehead atoms. The highest BCUT2D eigenvalue weighted by Crippen LogP contribution is 2.39. The number of fused-ring (bicyclic) bond motifs is 1. The average Bonchev–Trinajstić information content (AvgIpc) is 2.51. The van der Waals surface area contributed by atoms with Crippen LogP contribution in [0, 0.1) is 6.92 Å². The van der Waals surface area contributed by atoms with E-state index >= 15 is 0 Å². The van der Waals surface area contributed by atoms with Crippen LogP contribution < -0.4 is 11.1 Å². The maximum Gasteiger partial charge on any atom is 0.0750 e. The summed E-state index contributed by atoms with van der Waals surface area (Å²) in [6.07, 6.45) is 3.39. The number of benzene rings is 2. The van der Waals surface area contributed by atoms with Crippen molar-refractivity contribution in [2.75, 3.05) is 11.9 Å². The predicted octanol–water partition coefficient (Wildman–Crippen LogP) is 4.36. The van der Waals surface area contributed by atoms with Crippen LogP contribution in [0.4, 0.5) is 5.69 Å². The van der Waals surface area contributed by atoms with Gasteiger partial charge in [-0.25, -0.2) is 0 Å². The van der Waals surface area contributed by atoms with Gasteiger partial charge < -0.3 is 11.1 Å². The van der Waals surface area contributed by atoms with Crippen molar-refractivity contribution >= 4 is 21.6 Å². The number of aryl methyl sites for hydroxylation is 2. The second-order valence-corrected chi connectivity index (χ2v) is 6.76. The number of halogens is 1. The van der Waals surface area contributed by atoms with E-state index in [0.717, 1.165) is 23.0 Å². The zero-order valence-corrected chi connectivity index (χ0v) is 13.9. The minimum absolute atomic E-state index is 0.162. The normalized spacial score (nSPS) is 20.9. The van der Waals surface area contributed by atoms with E-state index in [9.17, 15) is 0 Å². The van der Waals surface area contributed by atoms with Gasteiger partial charge in [-0.1, -0.05) is 30.3 Å². The molecule has 2 nitrogen and oxygen atoms in total. The molecule has 3 heteroatoms. The second-order valence-electron chi connectivity index (χ2n) is 5.91. The van der Waals surface area contributed by atoms with Crippen molar-refractivity contribution in [3.05, 3.63) is 63.6 Å². The van der Waals surface area contributed by atoms with Crippen molar-refractivity contribution in [1.82, 2.24) is 0 Å². The first kappa shape index (κ1) is 14.6. The Hall–Kier alpha value is -1.32. The van der Waals surface area contributed by atoms with Crippen LogP contribution in [0.3, 0.4) is 0 Å². The number of nitrogens with one attached hydrogen (secondary N) is 1. The molecule has 2 aromatic rings. The fourth-order valence-corrected chi connectivity index (χ4v) is 3.65. The van der Waals surface area contributed by atoms with Crippen LogP contribution >= 0.6 is 15.9 Å². The third-order valence-electron chi connectivity index (χ3n) is 4.43. The van der Waals surface area contributed by atoms with Gasteiger partial charge in [0.05, 0.1) is 5.54 Å². The third-order valence-corrected chi connectivity index (χ3v) is 5.12. The highest BCUT2D eigenvalue weighted by molar-refractivity contribution is 9.10. The van der Waals surface area contributed by atoms with Crippen molar-refractivity contribution < 1.29 is 0 Å². The monoisotopic (exact) mass is 344 g/mol. The van der Waals surface area contributed by atoms with E-state index in [1.807, 2.05) is 0 Å². The second kappa shape index (κ2) is 5.82. The average molecular weight is 345 g/mol. The molecule has 0 radical (unpaired) electrons. The summed E-state index contributed by atoms with van der Waals surface area (Å²) in [5, 5.41) is 3.74. The zero-order chi connectivity index (χ0) is 14.9. The standard InChI is InChI=1S/C18H21BrN2/c1-13-8-9-16(19)17(11-13)21-18(12-20)10-4-6-14-5-2-3-7-15(14)18/h2-3,5,7-9,11,21H,4,6,10,12,20H2,1H3. The number of rotatable bonds is 3. The minimum atomic E-state index is -0.162. The Bertz CT molecular complexity index is 653. The van der Waals surface area contributed by atoms with Gasteiger partial charge in [-0.05, 0) is 70.9 Å². The van der Waals surface area contributed by atoms with E-state index in [1.54, 1.807) is 0 Å². The molecule has 1 unspecified atom stereocenters. The summed E-state index contributed by atoms with van der Waals surface area (Å²) in [4.78, 5) is 0. The summed E-state index contributed by atoms with van der Waals surface area (Å²) in [6, 6.07) is 15.1. The van der Waals surface area contributed by atoms with Gasteiger partial charge in [-0.2, -0.15) is 0 Å². The maximum absolute atomic E-state index is 6.21. The smallest absolute Gasteiger partial charge is 0.0750 e. The molecule has 1 aliphatic carbocycles. The molecular formula is C18H21BrN2.